The molecule has 4 rings (SSSR count). The molecule has 0 saturated carbocycles. The quantitative estimate of drug-likeness (QED) is 0.205. The van der Waals surface area contributed by atoms with Crippen LogP contribution in [0.4, 0.5) is 4.39 Å². The summed E-state index contributed by atoms with van der Waals surface area (Å²) < 4.78 is 32.4. The van der Waals surface area contributed by atoms with Gasteiger partial charge >= 0.3 is 0 Å². The van der Waals surface area contributed by atoms with Crippen molar-refractivity contribution in [3.05, 3.63) is 103 Å². The first-order chi connectivity index (χ1) is 17.5. The van der Waals surface area contributed by atoms with E-state index >= 15 is 0 Å². The summed E-state index contributed by atoms with van der Waals surface area (Å²) in [7, 11) is 1.81. The number of benzene rings is 2. The summed E-state index contributed by atoms with van der Waals surface area (Å²) in [4.78, 5) is 2.06. The first-order valence-electron chi connectivity index (χ1n) is 11.7. The van der Waals surface area contributed by atoms with Crippen molar-refractivity contribution >= 4 is 0 Å². The number of hydrogen-bond acceptors (Lipinski definition) is 6. The zero-order valence-corrected chi connectivity index (χ0v) is 20.2. The Balaban J connectivity index is 1.67. The monoisotopic (exact) mass is 491 g/mol. The number of furan rings is 1. The van der Waals surface area contributed by atoms with E-state index in [1.165, 1.54) is 12.1 Å². The Kier molecular flexibility index (Phi) is 8.67. The van der Waals surface area contributed by atoms with Gasteiger partial charge in [0.2, 0.25) is 5.88 Å². The Morgan fingerprint density at radius 3 is 2.58 bits per heavy atom. The van der Waals surface area contributed by atoms with Crippen molar-refractivity contribution in [2.24, 2.45) is 7.05 Å². The molecule has 0 fully saturated rings. The van der Waals surface area contributed by atoms with Crippen LogP contribution in [-0.4, -0.2) is 45.6 Å². The van der Waals surface area contributed by atoms with E-state index in [2.05, 4.69) is 11.5 Å². The number of aliphatic hydroxyl groups is 1. The molecule has 1 N–H and O–H groups in total. The van der Waals surface area contributed by atoms with Gasteiger partial charge in [0.25, 0.3) is 0 Å². The number of aromatic nitrogens is 2. The molecule has 0 aliphatic carbocycles. The largest absolute Gasteiger partial charge is 0.468 e. The molecule has 0 unspecified atom stereocenters. The van der Waals surface area contributed by atoms with Gasteiger partial charge in [-0.3, -0.25) is 4.90 Å². The highest BCUT2D eigenvalue weighted by atomic mass is 19.1. The Morgan fingerprint density at radius 2 is 1.89 bits per heavy atom. The van der Waals surface area contributed by atoms with Crippen LogP contribution in [0.15, 0.2) is 90.1 Å². The van der Waals surface area contributed by atoms with Crippen LogP contribution in [0.5, 0.6) is 11.6 Å². The first kappa shape index (κ1) is 25.4. The summed E-state index contributed by atoms with van der Waals surface area (Å²) >= 11 is 0. The van der Waals surface area contributed by atoms with E-state index < -0.39 is 6.10 Å². The Morgan fingerprint density at radius 1 is 1.11 bits per heavy atom. The Bertz CT molecular complexity index is 1220. The van der Waals surface area contributed by atoms with Crippen LogP contribution in [0.2, 0.25) is 0 Å². The minimum Gasteiger partial charge on any atom is -0.468 e. The standard InChI is InChI=1S/C28H30FN3O4/c1-3-15-34-20-23(33)17-32(18-25-10-7-16-35-25)19-26-27(21-8-5-4-6-9-21)30-31(2)28(26)36-24-13-11-22(29)12-14-24/h3-14,16,23,33H,1,15,17-20H2,2H3/t23-/m1/s1. The molecule has 188 valence electrons. The second kappa shape index (κ2) is 12.3. The molecular formula is C28H30FN3O4. The van der Waals surface area contributed by atoms with Crippen LogP contribution in [0.1, 0.15) is 11.3 Å². The number of ether oxygens (including phenoxy) is 2. The van der Waals surface area contributed by atoms with Crippen LogP contribution >= 0.6 is 0 Å². The van der Waals surface area contributed by atoms with Gasteiger partial charge in [-0.1, -0.05) is 36.4 Å². The van der Waals surface area contributed by atoms with E-state index in [1.54, 1.807) is 29.2 Å². The molecule has 2 aromatic heterocycles. The van der Waals surface area contributed by atoms with Crippen molar-refractivity contribution in [2.45, 2.75) is 19.2 Å². The molecule has 8 heteroatoms. The summed E-state index contributed by atoms with van der Waals surface area (Å²) in [6.45, 7) is 5.39. The van der Waals surface area contributed by atoms with E-state index in [0.29, 0.717) is 37.9 Å². The van der Waals surface area contributed by atoms with Gasteiger partial charge in [-0.15, -0.1) is 6.58 Å². The fourth-order valence-corrected chi connectivity index (χ4v) is 3.93. The lowest BCUT2D eigenvalue weighted by atomic mass is 10.1. The topological polar surface area (TPSA) is 72.9 Å². The van der Waals surface area contributed by atoms with Gasteiger partial charge in [-0.2, -0.15) is 5.10 Å². The molecule has 2 aromatic carbocycles. The highest BCUT2D eigenvalue weighted by Gasteiger charge is 2.24. The van der Waals surface area contributed by atoms with Gasteiger partial charge in [-0.05, 0) is 36.4 Å². The van der Waals surface area contributed by atoms with Crippen LogP contribution < -0.4 is 4.74 Å². The summed E-state index contributed by atoms with van der Waals surface area (Å²) in [6, 6.07) is 19.4. The van der Waals surface area contributed by atoms with Gasteiger partial charge in [0.15, 0.2) is 0 Å². The second-order valence-corrected chi connectivity index (χ2v) is 8.41. The molecule has 0 aliphatic heterocycles. The van der Waals surface area contributed by atoms with E-state index in [9.17, 15) is 9.50 Å². The van der Waals surface area contributed by atoms with Gasteiger partial charge in [0, 0.05) is 25.7 Å². The summed E-state index contributed by atoms with van der Waals surface area (Å²) in [5.41, 5.74) is 2.53. The van der Waals surface area contributed by atoms with Crippen molar-refractivity contribution < 1.29 is 23.4 Å². The summed E-state index contributed by atoms with van der Waals surface area (Å²) in [5.74, 6) is 1.45. The third-order valence-corrected chi connectivity index (χ3v) is 5.52. The van der Waals surface area contributed by atoms with E-state index in [4.69, 9.17) is 19.0 Å². The van der Waals surface area contributed by atoms with E-state index in [1.807, 2.05) is 49.5 Å². The molecule has 0 aliphatic rings. The van der Waals surface area contributed by atoms with Gasteiger partial charge in [0.05, 0.1) is 37.7 Å². The lowest BCUT2D eigenvalue weighted by Gasteiger charge is -2.24. The number of halogens is 1. The maximum Gasteiger partial charge on any atom is 0.222 e. The summed E-state index contributed by atoms with van der Waals surface area (Å²) in [6.07, 6.45) is 2.55. The first-order valence-corrected chi connectivity index (χ1v) is 11.7. The van der Waals surface area contributed by atoms with Crippen molar-refractivity contribution in [3.63, 3.8) is 0 Å². The molecule has 2 heterocycles. The van der Waals surface area contributed by atoms with Crippen LogP contribution in [0.25, 0.3) is 11.3 Å². The molecule has 1 atom stereocenters. The van der Waals surface area contributed by atoms with Gasteiger partial charge in [0.1, 0.15) is 23.0 Å². The molecule has 0 saturated heterocycles. The number of aryl methyl sites for hydroxylation is 1. The Hall–Kier alpha value is -3.72. The molecule has 36 heavy (non-hydrogen) atoms. The number of nitrogens with zero attached hydrogens (tertiary/aromatic N) is 3. The fourth-order valence-electron chi connectivity index (χ4n) is 3.93. The maximum absolute atomic E-state index is 13.5. The van der Waals surface area contributed by atoms with Crippen molar-refractivity contribution in [1.82, 2.24) is 14.7 Å². The molecule has 0 spiro atoms. The lowest BCUT2D eigenvalue weighted by molar-refractivity contribution is 0.0215. The number of hydrogen-bond donors (Lipinski definition) is 1. The highest BCUT2D eigenvalue weighted by molar-refractivity contribution is 5.65. The van der Waals surface area contributed by atoms with Gasteiger partial charge in [-0.25, -0.2) is 9.07 Å². The summed E-state index contributed by atoms with van der Waals surface area (Å²) in [5, 5.41) is 15.4. The third kappa shape index (κ3) is 6.69. The van der Waals surface area contributed by atoms with Crippen LogP contribution in [0.3, 0.4) is 0 Å². The zero-order chi connectivity index (χ0) is 25.3. The van der Waals surface area contributed by atoms with E-state index in [-0.39, 0.29) is 12.4 Å². The Labute approximate surface area is 210 Å². The average Bonchev–Trinajstić information content (AvgIpc) is 3.49. The average molecular weight is 492 g/mol. The second-order valence-electron chi connectivity index (χ2n) is 8.41. The maximum atomic E-state index is 13.5. The predicted molar refractivity (Wildman–Crippen MR) is 135 cm³/mol. The van der Waals surface area contributed by atoms with E-state index in [0.717, 1.165) is 22.6 Å². The van der Waals surface area contributed by atoms with Crippen LogP contribution in [-0.2, 0) is 24.9 Å². The van der Waals surface area contributed by atoms with Crippen molar-refractivity contribution in [2.75, 3.05) is 19.8 Å². The molecular weight excluding hydrogens is 461 g/mol. The molecule has 0 bridgehead atoms. The lowest BCUT2D eigenvalue weighted by Crippen LogP contribution is -2.34. The third-order valence-electron chi connectivity index (χ3n) is 5.52. The molecule has 0 amide bonds. The molecule has 7 nitrogen and oxygen atoms in total. The number of aliphatic hydroxyl groups excluding tert-OH is 1. The predicted octanol–water partition coefficient (Wildman–Crippen LogP) is 5.18. The molecule has 4 aromatic rings. The fraction of sp³-hybridized carbons (Fsp3) is 0.250. The minimum atomic E-state index is -0.724. The highest BCUT2D eigenvalue weighted by Crippen LogP contribution is 2.34. The van der Waals surface area contributed by atoms with Crippen molar-refractivity contribution in [1.29, 1.82) is 0 Å². The smallest absolute Gasteiger partial charge is 0.222 e. The SMILES string of the molecule is C=CCOC[C@H](O)CN(Cc1ccco1)Cc1c(-c2ccccc2)nn(C)c1Oc1ccc(F)cc1. The zero-order valence-electron chi connectivity index (χ0n) is 20.2. The van der Waals surface area contributed by atoms with Crippen molar-refractivity contribution in [3.8, 4) is 22.9 Å². The van der Waals surface area contributed by atoms with Gasteiger partial charge < -0.3 is 19.0 Å². The number of rotatable bonds is 13. The van der Waals surface area contributed by atoms with Crippen LogP contribution in [0, 0.1) is 5.82 Å². The minimum absolute atomic E-state index is 0.179. The normalized spacial score (nSPS) is 12.1. The molecule has 0 radical (unpaired) electrons.